The highest BCUT2D eigenvalue weighted by Crippen LogP contribution is 2.20. The van der Waals surface area contributed by atoms with E-state index in [9.17, 15) is 4.79 Å². The molecule has 2 amide bonds. The largest absolute Gasteiger partial charge is 0.339 e. The van der Waals surface area contributed by atoms with Crippen molar-refractivity contribution in [2.45, 2.75) is 18.9 Å². The third-order valence-corrected chi connectivity index (χ3v) is 2.06. The number of rotatable bonds is 0. The number of urea groups is 1. The molecule has 1 unspecified atom stereocenters. The Morgan fingerprint density at radius 3 is 3.33 bits per heavy atom. The molecule has 2 saturated heterocycles. The molecule has 49 valence electrons. The van der Waals surface area contributed by atoms with Gasteiger partial charge in [0.15, 0.2) is 0 Å². The number of fused-ring (bicyclic) bond motifs is 1. The Labute approximate surface area is 54.0 Å². The molecule has 2 aliphatic rings. The van der Waals surface area contributed by atoms with Crippen LogP contribution >= 0.6 is 0 Å². The third-order valence-electron chi connectivity index (χ3n) is 2.06. The molecule has 0 aromatic rings. The van der Waals surface area contributed by atoms with E-state index in [1.807, 2.05) is 4.90 Å². The highest BCUT2D eigenvalue weighted by molar-refractivity contribution is 5.76. The van der Waals surface area contributed by atoms with Crippen LogP contribution in [-0.2, 0) is 0 Å². The van der Waals surface area contributed by atoms with E-state index in [1.165, 1.54) is 6.42 Å². The first-order valence-corrected chi connectivity index (χ1v) is 3.36. The van der Waals surface area contributed by atoms with Crippen LogP contribution in [0.15, 0.2) is 0 Å². The van der Waals surface area contributed by atoms with E-state index in [1.54, 1.807) is 0 Å². The fourth-order valence-electron chi connectivity index (χ4n) is 1.55. The second-order valence-corrected chi connectivity index (χ2v) is 2.61. The molecular weight excluding hydrogens is 116 g/mol. The lowest BCUT2D eigenvalue weighted by Crippen LogP contribution is -2.27. The van der Waals surface area contributed by atoms with Crippen LogP contribution in [0.3, 0.4) is 0 Å². The maximum atomic E-state index is 10.8. The van der Waals surface area contributed by atoms with Gasteiger partial charge in [-0.15, -0.1) is 0 Å². The Bertz CT molecular complexity index is 146. The number of carbonyl (C=O) groups is 1. The summed E-state index contributed by atoms with van der Waals surface area (Å²) in [7, 11) is 0. The molecule has 0 aromatic heterocycles. The van der Waals surface area contributed by atoms with Crippen LogP contribution in [0.2, 0.25) is 0 Å². The van der Waals surface area contributed by atoms with Gasteiger partial charge in [0.1, 0.15) is 0 Å². The van der Waals surface area contributed by atoms with Crippen molar-refractivity contribution in [3.63, 3.8) is 0 Å². The van der Waals surface area contributed by atoms with Gasteiger partial charge in [-0.1, -0.05) is 0 Å². The molecule has 0 N–H and O–H groups in total. The molecule has 0 spiro atoms. The van der Waals surface area contributed by atoms with Gasteiger partial charge in [-0.3, -0.25) is 0 Å². The molecule has 0 bridgehead atoms. The van der Waals surface area contributed by atoms with Crippen molar-refractivity contribution in [3.05, 3.63) is 0 Å². The first-order chi connectivity index (χ1) is 4.38. The second kappa shape index (κ2) is 1.62. The lowest BCUT2D eigenvalue weighted by atomic mass is 10.2. The van der Waals surface area contributed by atoms with Crippen LogP contribution in [0.25, 0.3) is 0 Å². The summed E-state index contributed by atoms with van der Waals surface area (Å²) < 4.78 is 0. The Kier molecular flexibility index (Phi) is 0.917. The van der Waals surface area contributed by atoms with Gasteiger partial charge in [0, 0.05) is 6.54 Å². The summed E-state index contributed by atoms with van der Waals surface area (Å²) in [5, 5.41) is 3.81. The molecule has 2 aliphatic heterocycles. The first-order valence-electron chi connectivity index (χ1n) is 3.36. The molecular formula is C6H9N2O. The summed E-state index contributed by atoms with van der Waals surface area (Å²) in [6.07, 6.45) is 2.33. The van der Waals surface area contributed by atoms with Crippen LogP contribution in [0.4, 0.5) is 4.79 Å². The summed E-state index contributed by atoms with van der Waals surface area (Å²) in [5.74, 6) is 0. The van der Waals surface area contributed by atoms with Crippen molar-refractivity contribution in [1.29, 1.82) is 0 Å². The van der Waals surface area contributed by atoms with Gasteiger partial charge in [-0.05, 0) is 12.8 Å². The fraction of sp³-hybridized carbons (Fsp3) is 0.833. The second-order valence-electron chi connectivity index (χ2n) is 2.61. The molecule has 2 heterocycles. The molecule has 3 heteroatoms. The van der Waals surface area contributed by atoms with E-state index < -0.39 is 0 Å². The minimum absolute atomic E-state index is 0.0116. The van der Waals surface area contributed by atoms with Crippen molar-refractivity contribution in [1.82, 2.24) is 10.2 Å². The quantitative estimate of drug-likeness (QED) is 0.455. The van der Waals surface area contributed by atoms with E-state index in [-0.39, 0.29) is 6.03 Å². The van der Waals surface area contributed by atoms with Gasteiger partial charge in [-0.2, -0.15) is 0 Å². The monoisotopic (exact) mass is 125 g/mol. The summed E-state index contributed by atoms with van der Waals surface area (Å²) >= 11 is 0. The smallest absolute Gasteiger partial charge is 0.318 e. The first kappa shape index (κ1) is 5.09. The minimum atomic E-state index is 0.0116. The summed E-state index contributed by atoms with van der Waals surface area (Å²) in [6, 6.07) is 0.481. The predicted octanol–water partition coefficient (Wildman–Crippen LogP) is 0.189. The van der Waals surface area contributed by atoms with Crippen LogP contribution in [-0.4, -0.2) is 30.1 Å². The van der Waals surface area contributed by atoms with Gasteiger partial charge in [0.05, 0.1) is 12.6 Å². The third kappa shape index (κ3) is 0.605. The fourth-order valence-corrected chi connectivity index (χ4v) is 1.55. The van der Waals surface area contributed by atoms with Gasteiger partial charge >= 0.3 is 6.03 Å². The highest BCUT2D eigenvalue weighted by Gasteiger charge is 2.35. The lowest BCUT2D eigenvalue weighted by molar-refractivity contribution is 0.216. The SMILES string of the molecule is O=C1[N]CC2CCCN12. The normalized spacial score (nSPS) is 32.7. The van der Waals surface area contributed by atoms with Gasteiger partial charge in [-0.25, -0.2) is 10.1 Å². The lowest BCUT2D eigenvalue weighted by Gasteiger charge is -2.10. The molecule has 3 nitrogen and oxygen atoms in total. The molecule has 0 aliphatic carbocycles. The Morgan fingerprint density at radius 1 is 1.67 bits per heavy atom. The summed E-state index contributed by atoms with van der Waals surface area (Å²) in [6.45, 7) is 1.69. The number of amides is 2. The minimum Gasteiger partial charge on any atom is -0.318 e. The molecule has 0 aromatic carbocycles. The van der Waals surface area contributed by atoms with Crippen LogP contribution in [0.5, 0.6) is 0 Å². The molecule has 1 atom stereocenters. The Hall–Kier alpha value is -0.730. The molecule has 2 fully saturated rings. The molecule has 9 heavy (non-hydrogen) atoms. The number of hydrogen-bond acceptors (Lipinski definition) is 1. The number of nitrogens with zero attached hydrogens (tertiary/aromatic N) is 2. The zero-order valence-corrected chi connectivity index (χ0v) is 5.21. The van der Waals surface area contributed by atoms with Gasteiger partial charge in [0.25, 0.3) is 0 Å². The van der Waals surface area contributed by atoms with Crippen molar-refractivity contribution in [2.75, 3.05) is 13.1 Å². The van der Waals surface area contributed by atoms with Gasteiger partial charge in [0.2, 0.25) is 0 Å². The Morgan fingerprint density at radius 2 is 2.56 bits per heavy atom. The Balaban J connectivity index is 2.15. The molecule has 2 rings (SSSR count). The number of carbonyl (C=O) groups excluding carboxylic acids is 1. The predicted molar refractivity (Wildman–Crippen MR) is 32.1 cm³/mol. The van der Waals surface area contributed by atoms with Crippen molar-refractivity contribution in [2.24, 2.45) is 0 Å². The van der Waals surface area contributed by atoms with Gasteiger partial charge < -0.3 is 4.90 Å². The molecule has 0 saturated carbocycles. The average Bonchev–Trinajstić information content (AvgIpc) is 2.35. The highest BCUT2D eigenvalue weighted by atomic mass is 16.2. The summed E-state index contributed by atoms with van der Waals surface area (Å²) in [5.41, 5.74) is 0. The number of hydrogen-bond donors (Lipinski definition) is 0. The maximum absolute atomic E-state index is 10.8. The van der Waals surface area contributed by atoms with E-state index in [0.29, 0.717) is 6.04 Å². The van der Waals surface area contributed by atoms with Crippen LogP contribution < -0.4 is 5.32 Å². The topological polar surface area (TPSA) is 34.4 Å². The van der Waals surface area contributed by atoms with Crippen molar-refractivity contribution < 1.29 is 4.79 Å². The van der Waals surface area contributed by atoms with E-state index >= 15 is 0 Å². The molecule has 1 radical (unpaired) electrons. The van der Waals surface area contributed by atoms with Crippen LogP contribution in [0.1, 0.15) is 12.8 Å². The standard InChI is InChI=1S/C6H9N2O/c9-6-7-4-5-2-1-3-8(5)6/h5H,1-4H2. The van der Waals surface area contributed by atoms with Crippen molar-refractivity contribution in [3.8, 4) is 0 Å². The zero-order valence-electron chi connectivity index (χ0n) is 5.21. The summed E-state index contributed by atoms with van der Waals surface area (Å²) in [4.78, 5) is 12.7. The maximum Gasteiger partial charge on any atom is 0.339 e. The van der Waals surface area contributed by atoms with E-state index in [4.69, 9.17) is 0 Å². The van der Waals surface area contributed by atoms with E-state index in [2.05, 4.69) is 5.32 Å². The van der Waals surface area contributed by atoms with E-state index in [0.717, 1.165) is 19.5 Å². The average molecular weight is 125 g/mol. The van der Waals surface area contributed by atoms with Crippen molar-refractivity contribution >= 4 is 6.03 Å². The zero-order chi connectivity index (χ0) is 6.27. The van der Waals surface area contributed by atoms with Crippen LogP contribution in [0, 0.1) is 0 Å².